The highest BCUT2D eigenvalue weighted by atomic mass is 32.2. The van der Waals surface area contributed by atoms with Crippen molar-refractivity contribution >= 4 is 16.0 Å². The van der Waals surface area contributed by atoms with E-state index >= 15 is 0 Å². The van der Waals surface area contributed by atoms with Gasteiger partial charge < -0.3 is 4.74 Å². The van der Waals surface area contributed by atoms with Crippen molar-refractivity contribution in [3.05, 3.63) is 108 Å². The number of alkyl halides is 2. The monoisotopic (exact) mass is 459 g/mol. The topological polar surface area (TPSA) is 66.8 Å². The van der Waals surface area contributed by atoms with Crippen LogP contribution >= 0.6 is 0 Å². The Bertz CT molecular complexity index is 1120. The molecule has 5 nitrogen and oxygen atoms in total. The van der Waals surface area contributed by atoms with Gasteiger partial charge in [0.15, 0.2) is 0 Å². The van der Waals surface area contributed by atoms with Crippen LogP contribution in [-0.2, 0) is 23.3 Å². The number of benzene rings is 3. The lowest BCUT2D eigenvalue weighted by Crippen LogP contribution is -2.32. The second-order valence-corrected chi connectivity index (χ2v) is 8.23. The summed E-state index contributed by atoms with van der Waals surface area (Å²) in [6.07, 6.45) is -1.40. The Morgan fingerprint density at radius 1 is 0.906 bits per heavy atom. The van der Waals surface area contributed by atoms with E-state index in [9.17, 15) is 21.8 Å². The Balaban J connectivity index is 1.66. The number of para-hydroxylation sites is 1. The number of hydrogen-bond donors (Lipinski definition) is 1. The van der Waals surface area contributed by atoms with Crippen molar-refractivity contribution in [3.63, 3.8) is 0 Å². The van der Waals surface area contributed by atoms with Gasteiger partial charge in [-0.1, -0.05) is 66.7 Å². The molecule has 0 atom stereocenters. The number of nitrogens with zero attached hydrogens (tertiary/aromatic N) is 1. The van der Waals surface area contributed by atoms with Gasteiger partial charge in [0.05, 0.1) is 11.4 Å². The standard InChI is InChI=1S/C24H23F2NO4S/c25-24(26)23(27(32(28,29)30)21-11-5-2-6-12-21)13-7-10-19-14-16-22(17-15-19)31-18-20-8-3-1-4-9-20/h1-6,8-9,11-17,24H,7,10,18H2,(H,28,29,30)/b23-13-. The van der Waals surface area contributed by atoms with Crippen LogP contribution < -0.4 is 9.04 Å². The molecule has 3 aromatic carbocycles. The minimum Gasteiger partial charge on any atom is -0.489 e. The molecule has 0 aliphatic heterocycles. The van der Waals surface area contributed by atoms with Gasteiger partial charge in [0.2, 0.25) is 0 Å². The molecular weight excluding hydrogens is 436 g/mol. The molecule has 168 valence electrons. The number of rotatable bonds is 10. The summed E-state index contributed by atoms with van der Waals surface area (Å²) >= 11 is 0. The molecule has 0 aliphatic rings. The lowest BCUT2D eigenvalue weighted by atomic mass is 10.1. The fraction of sp³-hybridized carbons (Fsp3) is 0.167. The Hall–Kier alpha value is -3.23. The molecule has 0 amide bonds. The summed E-state index contributed by atoms with van der Waals surface area (Å²) in [5, 5.41) is 0. The van der Waals surface area contributed by atoms with Crippen LogP contribution in [-0.4, -0.2) is 19.4 Å². The second-order valence-electron chi connectivity index (χ2n) is 6.96. The van der Waals surface area contributed by atoms with Crippen molar-refractivity contribution in [1.29, 1.82) is 0 Å². The highest BCUT2D eigenvalue weighted by molar-refractivity contribution is 7.87. The lowest BCUT2D eigenvalue weighted by Gasteiger charge is -2.23. The average Bonchev–Trinajstić information content (AvgIpc) is 2.78. The fourth-order valence-corrected chi connectivity index (χ4v) is 3.93. The summed E-state index contributed by atoms with van der Waals surface area (Å²) in [6, 6.07) is 24.3. The van der Waals surface area contributed by atoms with Crippen LogP contribution in [0, 0.1) is 0 Å². The van der Waals surface area contributed by atoms with Crippen LogP contribution in [0.15, 0.2) is 96.7 Å². The van der Waals surface area contributed by atoms with Gasteiger partial charge in [0.25, 0.3) is 6.43 Å². The minimum absolute atomic E-state index is 0.0681. The van der Waals surface area contributed by atoms with Crippen molar-refractivity contribution in [2.45, 2.75) is 25.9 Å². The first-order valence-electron chi connectivity index (χ1n) is 9.91. The third-order valence-corrected chi connectivity index (χ3v) is 5.52. The van der Waals surface area contributed by atoms with Gasteiger partial charge in [-0.3, -0.25) is 4.55 Å². The summed E-state index contributed by atoms with van der Waals surface area (Å²) in [4.78, 5) is 0. The molecule has 3 aromatic rings. The van der Waals surface area contributed by atoms with Crippen molar-refractivity contribution in [1.82, 2.24) is 0 Å². The Labute approximate surface area is 186 Å². The molecule has 0 saturated heterocycles. The molecule has 0 fully saturated rings. The number of ether oxygens (including phenoxy) is 1. The smallest absolute Gasteiger partial charge is 0.364 e. The third-order valence-electron chi connectivity index (χ3n) is 4.64. The quantitative estimate of drug-likeness (QED) is 0.398. The van der Waals surface area contributed by atoms with Gasteiger partial charge >= 0.3 is 10.3 Å². The molecule has 0 aromatic heterocycles. The molecule has 8 heteroatoms. The molecule has 0 bridgehead atoms. The normalized spacial score (nSPS) is 12.1. The Morgan fingerprint density at radius 3 is 2.06 bits per heavy atom. The highest BCUT2D eigenvalue weighted by Gasteiger charge is 2.29. The predicted octanol–water partition coefficient (Wildman–Crippen LogP) is 5.66. The van der Waals surface area contributed by atoms with Gasteiger partial charge in [-0.15, -0.1) is 0 Å². The minimum atomic E-state index is -4.92. The molecule has 32 heavy (non-hydrogen) atoms. The van der Waals surface area contributed by atoms with Gasteiger partial charge in [-0.05, 0) is 48.2 Å². The second kappa shape index (κ2) is 10.9. The van der Waals surface area contributed by atoms with Crippen LogP contribution in [0.1, 0.15) is 17.5 Å². The number of hydrogen-bond acceptors (Lipinski definition) is 3. The first-order chi connectivity index (χ1) is 15.3. The zero-order valence-corrected chi connectivity index (χ0v) is 18.0. The van der Waals surface area contributed by atoms with E-state index < -0.39 is 22.4 Å². The zero-order valence-electron chi connectivity index (χ0n) is 17.1. The van der Waals surface area contributed by atoms with E-state index in [1.54, 1.807) is 18.2 Å². The van der Waals surface area contributed by atoms with Crippen LogP contribution in [0.5, 0.6) is 5.75 Å². The van der Waals surface area contributed by atoms with Crippen molar-refractivity contribution in [2.75, 3.05) is 4.31 Å². The first-order valence-corrected chi connectivity index (χ1v) is 11.3. The maximum Gasteiger partial charge on any atom is 0.364 e. The third kappa shape index (κ3) is 6.63. The number of halogens is 2. The molecule has 0 aliphatic carbocycles. The van der Waals surface area contributed by atoms with E-state index in [0.29, 0.717) is 18.8 Å². The largest absolute Gasteiger partial charge is 0.489 e. The van der Waals surface area contributed by atoms with Crippen LogP contribution in [0.25, 0.3) is 0 Å². The Kier molecular flexibility index (Phi) is 7.97. The maximum absolute atomic E-state index is 13.7. The highest BCUT2D eigenvalue weighted by Crippen LogP contribution is 2.27. The molecule has 0 spiro atoms. The summed E-state index contributed by atoms with van der Waals surface area (Å²) in [5.41, 5.74) is 1.06. The van der Waals surface area contributed by atoms with Gasteiger partial charge in [-0.2, -0.15) is 8.42 Å². The van der Waals surface area contributed by atoms with E-state index in [1.807, 2.05) is 42.5 Å². The summed E-state index contributed by atoms with van der Waals surface area (Å²) in [7, 11) is -4.92. The molecule has 0 saturated carbocycles. The van der Waals surface area contributed by atoms with Crippen molar-refractivity contribution in [2.24, 2.45) is 0 Å². The average molecular weight is 460 g/mol. The number of aryl methyl sites for hydroxylation is 1. The molecule has 0 unspecified atom stereocenters. The van der Waals surface area contributed by atoms with Crippen LogP contribution in [0.2, 0.25) is 0 Å². The number of allylic oxidation sites excluding steroid dienone is 2. The first kappa shape index (κ1) is 23.4. The van der Waals surface area contributed by atoms with Crippen molar-refractivity contribution < 1.29 is 26.5 Å². The molecule has 1 N–H and O–H groups in total. The molecule has 0 radical (unpaired) electrons. The van der Waals surface area contributed by atoms with Crippen LogP contribution in [0.3, 0.4) is 0 Å². The zero-order chi connectivity index (χ0) is 23.0. The molecule has 3 rings (SSSR count). The van der Waals surface area contributed by atoms with E-state index in [4.69, 9.17) is 4.74 Å². The maximum atomic E-state index is 13.7. The Morgan fingerprint density at radius 2 is 1.50 bits per heavy atom. The fourth-order valence-electron chi connectivity index (χ4n) is 3.12. The van der Waals surface area contributed by atoms with Gasteiger partial charge in [0.1, 0.15) is 12.4 Å². The number of anilines is 1. The predicted molar refractivity (Wildman–Crippen MR) is 120 cm³/mol. The summed E-state index contributed by atoms with van der Waals surface area (Å²) in [5.74, 6) is 0.683. The van der Waals surface area contributed by atoms with Crippen LogP contribution in [0.4, 0.5) is 14.5 Å². The van der Waals surface area contributed by atoms with Gasteiger partial charge in [-0.25, -0.2) is 13.1 Å². The van der Waals surface area contributed by atoms with Crippen molar-refractivity contribution in [3.8, 4) is 5.75 Å². The van der Waals surface area contributed by atoms with E-state index in [0.717, 1.165) is 17.2 Å². The summed E-state index contributed by atoms with van der Waals surface area (Å²) in [6.45, 7) is 0.436. The van der Waals surface area contributed by atoms with E-state index in [1.165, 1.54) is 24.3 Å². The molecule has 0 heterocycles. The van der Waals surface area contributed by atoms with E-state index in [2.05, 4.69) is 0 Å². The lowest BCUT2D eigenvalue weighted by molar-refractivity contribution is 0.187. The SMILES string of the molecule is O=S(=O)(O)N(/C(=C\CCc1ccc(OCc2ccccc2)cc1)C(F)F)c1ccccc1. The van der Waals surface area contributed by atoms with Gasteiger partial charge in [0, 0.05) is 0 Å². The summed E-state index contributed by atoms with van der Waals surface area (Å²) < 4.78 is 66.5. The molecular formula is C24H23F2NO4S. The van der Waals surface area contributed by atoms with E-state index in [-0.39, 0.29) is 16.4 Å².